The van der Waals surface area contributed by atoms with Gasteiger partial charge in [-0.3, -0.25) is 14.6 Å². The second kappa shape index (κ2) is 34.3. The van der Waals surface area contributed by atoms with Gasteiger partial charge in [0.1, 0.15) is 6.29 Å². The highest BCUT2D eigenvalue weighted by Crippen LogP contribution is 2.24. The fourth-order valence-electron chi connectivity index (χ4n) is 5.98. The van der Waals surface area contributed by atoms with Crippen LogP contribution in [-0.4, -0.2) is 82.4 Å². The van der Waals surface area contributed by atoms with Crippen molar-refractivity contribution in [1.82, 2.24) is 21.1 Å². The van der Waals surface area contributed by atoms with Crippen LogP contribution in [0.4, 0.5) is 22.7 Å². The monoisotopic (exact) mass is 1270 g/mol. The molecule has 14 N–H and O–H groups in total. The number of nitrogens with zero attached hydrogens (tertiary/aromatic N) is 4. The predicted molar refractivity (Wildman–Crippen MR) is 319 cm³/mol. The van der Waals surface area contributed by atoms with E-state index in [1.807, 2.05) is 100.0 Å². The molecule has 1 aliphatic rings. The molecule has 0 saturated carbocycles. The predicted octanol–water partition coefficient (Wildman–Crippen LogP) is 9.94. The number of aromatic amines is 1. The third-order valence-electron chi connectivity index (χ3n) is 9.79. The average molecular weight is 1270 g/mol. The summed E-state index contributed by atoms with van der Waals surface area (Å²) in [7, 11) is 7.99. The van der Waals surface area contributed by atoms with Gasteiger partial charge in [0, 0.05) is 120 Å². The van der Waals surface area contributed by atoms with Gasteiger partial charge in [-0.25, -0.2) is 19.6 Å². The molecule has 6 aromatic carbocycles. The van der Waals surface area contributed by atoms with Crippen molar-refractivity contribution >= 4 is 129 Å². The van der Waals surface area contributed by atoms with Crippen LogP contribution in [-0.2, 0) is 11.3 Å². The molecule has 17 nitrogen and oxygen atoms in total. The summed E-state index contributed by atoms with van der Waals surface area (Å²) in [5.41, 5.74) is 28.8. The number of amides is 1. The van der Waals surface area contributed by atoms with Crippen molar-refractivity contribution in [3.63, 3.8) is 0 Å². The van der Waals surface area contributed by atoms with Gasteiger partial charge in [-0.2, -0.15) is 0 Å². The Balaban J connectivity index is 0.000000887. The summed E-state index contributed by atoms with van der Waals surface area (Å²) in [4.78, 5) is 58.4. The van der Waals surface area contributed by atoms with Crippen molar-refractivity contribution in [2.45, 2.75) is 26.8 Å². The highest BCUT2D eigenvalue weighted by atomic mass is 79.9. The van der Waals surface area contributed by atoms with E-state index in [4.69, 9.17) is 27.7 Å². The Labute approximate surface area is 466 Å². The Kier molecular flexibility index (Phi) is 31.4. The number of H-pyrrole nitrogens is 1. The Morgan fingerprint density at radius 3 is 1.74 bits per heavy atom. The van der Waals surface area contributed by atoms with E-state index in [1.54, 1.807) is 36.4 Å². The molecule has 1 amide bonds. The maximum Gasteiger partial charge on any atom is 0.419 e. The summed E-state index contributed by atoms with van der Waals surface area (Å²) in [6, 6.07) is 37.3. The van der Waals surface area contributed by atoms with Crippen LogP contribution in [0.3, 0.4) is 0 Å². The first-order valence-corrected chi connectivity index (χ1v) is 24.5. The van der Waals surface area contributed by atoms with Crippen LogP contribution in [0.1, 0.15) is 46.5 Å². The molecule has 0 spiro atoms. The lowest BCUT2D eigenvalue weighted by atomic mass is 10.1. The summed E-state index contributed by atoms with van der Waals surface area (Å²) < 4.78 is 12.9. The molecule has 0 bridgehead atoms. The number of aromatic nitrogens is 3. The molecule has 1 aliphatic heterocycles. The maximum atomic E-state index is 11.1. The number of carbonyl (C=O) groups is 2. The first-order valence-electron chi connectivity index (χ1n) is 21.3. The van der Waals surface area contributed by atoms with Crippen molar-refractivity contribution in [3.05, 3.63) is 183 Å². The summed E-state index contributed by atoms with van der Waals surface area (Å²) in [6.45, 7) is 2.49. The van der Waals surface area contributed by atoms with Crippen molar-refractivity contribution in [3.8, 4) is 11.4 Å². The number of hydrogen-bond donors (Lipinski definition) is 6. The number of benzene rings is 6. The Morgan fingerprint density at radius 2 is 1.24 bits per heavy atom. The molecule has 0 atom stereocenters. The number of halogens is 4. The third kappa shape index (κ3) is 22.1. The lowest BCUT2D eigenvalue weighted by Crippen LogP contribution is -2.14. The fourth-order valence-corrected chi connectivity index (χ4v) is 7.48. The second-order valence-electron chi connectivity index (χ2n) is 15.4. The first-order chi connectivity index (χ1) is 33.4. The van der Waals surface area contributed by atoms with Crippen LogP contribution in [0.15, 0.2) is 159 Å². The van der Waals surface area contributed by atoms with E-state index in [0.29, 0.717) is 28.7 Å². The van der Waals surface area contributed by atoms with E-state index in [1.165, 1.54) is 18.5 Å². The molecular weight excluding hydrogens is 1210 g/mol. The van der Waals surface area contributed by atoms with Crippen LogP contribution < -0.4 is 50.3 Å². The molecule has 8 aromatic rings. The van der Waals surface area contributed by atoms with Gasteiger partial charge in [-0.1, -0.05) is 71.1 Å². The minimum Gasteiger partial charge on any atom is -0.412 e. The number of hydrogen-bond acceptors (Lipinski definition) is 14. The zero-order valence-electron chi connectivity index (χ0n) is 40.6. The van der Waals surface area contributed by atoms with Gasteiger partial charge in [0.05, 0.1) is 22.0 Å². The quantitative estimate of drug-likeness (QED) is 0.0513. The number of fused-ring (bicyclic) bond motifs is 2. The van der Waals surface area contributed by atoms with Crippen molar-refractivity contribution in [2.24, 2.45) is 11.5 Å². The van der Waals surface area contributed by atoms with Gasteiger partial charge in [0.15, 0.2) is 5.82 Å². The Hall–Kier alpha value is -6.24. The highest BCUT2D eigenvalue weighted by molar-refractivity contribution is 9.11. The lowest BCUT2D eigenvalue weighted by molar-refractivity contribution is 0.100. The number of nitrogens with two attached hydrogens (primary N) is 4. The van der Waals surface area contributed by atoms with Gasteiger partial charge in [0.2, 0.25) is 0 Å². The molecule has 74 heavy (non-hydrogen) atoms. The van der Waals surface area contributed by atoms with E-state index in [9.17, 15) is 19.2 Å². The van der Waals surface area contributed by atoms with Gasteiger partial charge >= 0.3 is 11.4 Å². The van der Waals surface area contributed by atoms with E-state index in [2.05, 4.69) is 112 Å². The van der Waals surface area contributed by atoms with Crippen LogP contribution in [0.5, 0.6) is 0 Å². The van der Waals surface area contributed by atoms with Gasteiger partial charge in [-0.05, 0) is 140 Å². The molecule has 9 rings (SSSR count). The zero-order valence-corrected chi connectivity index (χ0v) is 46.9. The number of nitrogen functional groups attached to an aromatic ring is 2. The van der Waals surface area contributed by atoms with Crippen molar-refractivity contribution < 1.29 is 24.2 Å². The highest BCUT2D eigenvalue weighted by Gasteiger charge is 2.07. The third-order valence-corrected chi connectivity index (χ3v) is 11.8. The van der Waals surface area contributed by atoms with Gasteiger partial charge < -0.3 is 53.5 Å². The molecule has 3 heterocycles. The summed E-state index contributed by atoms with van der Waals surface area (Å²) >= 11 is 13.2. The SMILES string of the molecule is C.C1CCOC1.CN(C)c1ccc(-c2ncc3cc(Br)ccc3n2)cc1.CN(C)c1ccc(C=O)cc1.N.NC(=O)c1cc(Br)ccc1N.NCc1cc(Br)ccc1N.O.O=c1[nH]c2ccc(Br)cc2c(=O)o1.[B]. The van der Waals surface area contributed by atoms with E-state index in [-0.39, 0.29) is 27.5 Å². The van der Waals surface area contributed by atoms with E-state index in [0.717, 1.165) is 82.2 Å². The van der Waals surface area contributed by atoms with Gasteiger partial charge in [0.25, 0.3) is 5.91 Å². The number of carbonyl (C=O) groups excluding carboxylic acids is 2. The van der Waals surface area contributed by atoms with Crippen LogP contribution in [0, 0.1) is 0 Å². The Morgan fingerprint density at radius 1 is 0.730 bits per heavy atom. The molecule has 0 aliphatic carbocycles. The minimum atomic E-state index is -0.736. The number of nitrogens with one attached hydrogen (secondary N) is 1. The topological polar surface area (TPSA) is 309 Å². The molecule has 22 heteroatoms. The van der Waals surface area contributed by atoms with Crippen LogP contribution in [0.2, 0.25) is 0 Å². The number of rotatable bonds is 6. The van der Waals surface area contributed by atoms with Crippen molar-refractivity contribution in [2.75, 3.05) is 62.7 Å². The fraction of sp³-hybridized carbons (Fsp3) is 0.192. The first kappa shape index (κ1) is 67.8. The average Bonchev–Trinajstić information content (AvgIpc) is 3.95. The van der Waals surface area contributed by atoms with Crippen LogP contribution in [0.25, 0.3) is 33.2 Å². The maximum absolute atomic E-state index is 11.1. The zero-order chi connectivity index (χ0) is 51.3. The minimum absolute atomic E-state index is 0. The molecule has 0 unspecified atom stereocenters. The molecular formula is C52H62BBr4N10O7. The number of anilines is 4. The smallest absolute Gasteiger partial charge is 0.412 e. The Bertz CT molecular complexity index is 3100. The molecule has 1 saturated heterocycles. The number of aldehydes is 1. The van der Waals surface area contributed by atoms with Gasteiger partial charge in [-0.15, -0.1) is 0 Å². The summed E-state index contributed by atoms with van der Waals surface area (Å²) in [6.07, 6.45) is 5.27. The largest absolute Gasteiger partial charge is 0.419 e. The normalized spacial score (nSPS) is 10.5. The van der Waals surface area contributed by atoms with E-state index < -0.39 is 17.3 Å². The molecule has 393 valence electrons. The van der Waals surface area contributed by atoms with E-state index >= 15 is 0 Å². The summed E-state index contributed by atoms with van der Waals surface area (Å²) in [5.74, 6) is -0.492. The molecule has 3 radical (unpaired) electrons. The second-order valence-corrected chi connectivity index (χ2v) is 19.1. The summed E-state index contributed by atoms with van der Waals surface area (Å²) in [5, 5.41) is 1.39. The standard InChI is InChI=1S/C16H14BrN3.C9H11NO.C8H4BrNO3.C7H7BrN2O.C7H9BrN2.C4H8O.CH4.B.H3N.H2O/c1-20(2)14-6-3-11(4-7-14)16-18-10-12-9-13(17)5-8-15(12)19-16;1-10(2)9-5-3-8(7-11)4-6-9;9-4-1-2-6-5(3-4)7(11)13-8(12)10-6;8-4-1-2-6(9)5(3-4)7(10)11;8-6-1-2-7(10)5(3-6)4-9;1-2-4-5-3-1;;;;/h3-10H,1-2H3;3-7H,1-2H3;1-3H,(H,10,12);1-3H,9H2,(H2,10,11);1-3H,4,9-10H2;1-4H2;1H4;;1H3;1H2. The van der Waals surface area contributed by atoms with Crippen LogP contribution >= 0.6 is 63.7 Å². The molecule has 2 aromatic heterocycles. The number of primary amides is 1. The lowest BCUT2D eigenvalue weighted by Gasteiger charge is -2.12. The number of ether oxygens (including phenoxy) is 1. The molecule has 1 fully saturated rings. The van der Waals surface area contributed by atoms with Crippen molar-refractivity contribution in [1.29, 1.82) is 0 Å².